The minimum atomic E-state index is -0.993. The van der Waals surface area contributed by atoms with E-state index in [0.29, 0.717) is 29.7 Å². The second kappa shape index (κ2) is 8.33. The molecule has 1 spiro atoms. The number of nitrogens with zero attached hydrogens (tertiary/aromatic N) is 1. The zero-order valence-electron chi connectivity index (χ0n) is 21.2. The van der Waals surface area contributed by atoms with Gasteiger partial charge in [0.1, 0.15) is 5.75 Å². The van der Waals surface area contributed by atoms with Gasteiger partial charge in [-0.3, -0.25) is 10.2 Å². The van der Waals surface area contributed by atoms with E-state index in [4.69, 9.17) is 9.47 Å². The molecule has 6 atom stereocenters. The lowest BCUT2D eigenvalue weighted by Gasteiger charge is -2.34. The SMILES string of the molecule is COc1ccc2c(c1)[C@]1(C[C@H]1C1CCC3C(C1)NNC3Nc1cc(C(C)(C)O)cnc1OC)C(=O)N2. The number of amides is 1. The molecular formula is C27H35N5O4. The summed E-state index contributed by atoms with van der Waals surface area (Å²) in [5, 5.41) is 17.1. The quantitative estimate of drug-likeness (QED) is 0.417. The summed E-state index contributed by atoms with van der Waals surface area (Å²) < 4.78 is 10.9. The third kappa shape index (κ3) is 3.64. The van der Waals surface area contributed by atoms with Crippen LogP contribution < -0.4 is 31.0 Å². The summed E-state index contributed by atoms with van der Waals surface area (Å²) >= 11 is 0. The fraction of sp³-hybridized carbons (Fsp3) is 0.556. The number of carbonyl (C=O) groups excluding carboxylic acids is 1. The van der Waals surface area contributed by atoms with E-state index >= 15 is 0 Å². The van der Waals surface area contributed by atoms with Crippen molar-refractivity contribution in [2.24, 2.45) is 17.8 Å². The number of pyridine rings is 1. The van der Waals surface area contributed by atoms with Crippen molar-refractivity contribution in [1.29, 1.82) is 0 Å². The lowest BCUT2D eigenvalue weighted by atomic mass is 9.74. The van der Waals surface area contributed by atoms with Gasteiger partial charge in [-0.25, -0.2) is 10.4 Å². The summed E-state index contributed by atoms with van der Waals surface area (Å²) in [4.78, 5) is 17.5. The van der Waals surface area contributed by atoms with Gasteiger partial charge in [0.25, 0.3) is 0 Å². The first-order valence-corrected chi connectivity index (χ1v) is 12.8. The number of hydrogen-bond donors (Lipinski definition) is 5. The molecule has 192 valence electrons. The van der Waals surface area contributed by atoms with Gasteiger partial charge in [0, 0.05) is 29.4 Å². The van der Waals surface area contributed by atoms with E-state index in [1.807, 2.05) is 24.3 Å². The molecule has 2 aromatic rings. The molecule has 6 rings (SSSR count). The molecule has 1 aromatic heterocycles. The maximum atomic E-state index is 13.1. The Hall–Kier alpha value is -2.88. The molecule has 2 aliphatic heterocycles. The first-order valence-electron chi connectivity index (χ1n) is 12.8. The van der Waals surface area contributed by atoms with Crippen molar-refractivity contribution in [2.45, 2.75) is 62.8 Å². The highest BCUT2D eigenvalue weighted by Gasteiger charge is 2.67. The highest BCUT2D eigenvalue weighted by Crippen LogP contribution is 2.65. The predicted octanol–water partition coefficient (Wildman–Crippen LogP) is 2.87. The summed E-state index contributed by atoms with van der Waals surface area (Å²) in [7, 11) is 3.27. The molecule has 9 nitrogen and oxygen atoms in total. The van der Waals surface area contributed by atoms with Crippen LogP contribution in [0.25, 0.3) is 0 Å². The van der Waals surface area contributed by atoms with E-state index in [1.54, 1.807) is 34.3 Å². The lowest BCUT2D eigenvalue weighted by Crippen LogP contribution is -2.39. The summed E-state index contributed by atoms with van der Waals surface area (Å²) in [6, 6.07) is 8.12. The van der Waals surface area contributed by atoms with Gasteiger partial charge in [-0.15, -0.1) is 0 Å². The van der Waals surface area contributed by atoms with Crippen molar-refractivity contribution >= 4 is 17.3 Å². The molecule has 2 saturated carbocycles. The van der Waals surface area contributed by atoms with Gasteiger partial charge in [0.15, 0.2) is 0 Å². The number of methoxy groups -OCH3 is 2. The number of carbonyl (C=O) groups is 1. The number of rotatable bonds is 6. The van der Waals surface area contributed by atoms with Crippen molar-refractivity contribution in [2.75, 3.05) is 24.9 Å². The van der Waals surface area contributed by atoms with Crippen LogP contribution in [0.1, 0.15) is 50.7 Å². The molecule has 0 radical (unpaired) electrons. The monoisotopic (exact) mass is 493 g/mol. The number of hydrogen-bond acceptors (Lipinski definition) is 8. The van der Waals surface area contributed by atoms with Crippen molar-refractivity contribution in [3.63, 3.8) is 0 Å². The highest BCUT2D eigenvalue weighted by atomic mass is 16.5. The first kappa shape index (κ1) is 23.5. The average Bonchev–Trinajstić information content (AvgIpc) is 3.42. The molecule has 4 aliphatic rings. The average molecular weight is 494 g/mol. The topological polar surface area (TPSA) is 117 Å². The summed E-state index contributed by atoms with van der Waals surface area (Å²) in [6.07, 6.45) is 5.72. The van der Waals surface area contributed by atoms with Crippen LogP contribution in [0.5, 0.6) is 11.6 Å². The number of benzene rings is 1. The molecule has 1 saturated heterocycles. The van der Waals surface area contributed by atoms with Gasteiger partial charge < -0.3 is 25.2 Å². The minimum Gasteiger partial charge on any atom is -0.497 e. The van der Waals surface area contributed by atoms with Gasteiger partial charge in [-0.1, -0.05) is 0 Å². The largest absolute Gasteiger partial charge is 0.497 e. The van der Waals surface area contributed by atoms with Crippen molar-refractivity contribution in [1.82, 2.24) is 15.8 Å². The van der Waals surface area contributed by atoms with E-state index in [1.165, 1.54) is 0 Å². The molecule has 1 aromatic carbocycles. The summed E-state index contributed by atoms with van der Waals surface area (Å²) in [5.41, 5.74) is 9.06. The second-order valence-electron chi connectivity index (χ2n) is 11.2. The number of nitrogens with one attached hydrogen (secondary N) is 4. The molecule has 4 unspecified atom stereocenters. The molecule has 3 fully saturated rings. The van der Waals surface area contributed by atoms with Crippen molar-refractivity contribution < 1.29 is 19.4 Å². The number of anilines is 2. The lowest BCUT2D eigenvalue weighted by molar-refractivity contribution is -0.118. The van der Waals surface area contributed by atoms with E-state index in [9.17, 15) is 9.90 Å². The molecule has 0 bridgehead atoms. The minimum absolute atomic E-state index is 0.0108. The van der Waals surface area contributed by atoms with Crippen LogP contribution in [0.15, 0.2) is 30.5 Å². The third-order valence-electron chi connectivity index (χ3n) is 8.80. The Morgan fingerprint density at radius 3 is 2.75 bits per heavy atom. The van der Waals surface area contributed by atoms with Crippen molar-refractivity contribution in [3.8, 4) is 11.6 Å². The molecule has 36 heavy (non-hydrogen) atoms. The van der Waals surface area contributed by atoms with E-state index in [2.05, 4.69) is 26.5 Å². The smallest absolute Gasteiger partial charge is 0.237 e. The fourth-order valence-corrected chi connectivity index (χ4v) is 6.74. The Labute approximate surface area is 211 Å². The number of ether oxygens (including phenoxy) is 2. The van der Waals surface area contributed by atoms with Crippen LogP contribution in [0, 0.1) is 17.8 Å². The number of aromatic nitrogens is 1. The predicted molar refractivity (Wildman–Crippen MR) is 136 cm³/mol. The first-order chi connectivity index (χ1) is 17.2. The number of hydrazine groups is 1. The Kier molecular flexibility index (Phi) is 5.44. The van der Waals surface area contributed by atoms with Gasteiger partial charge >= 0.3 is 0 Å². The van der Waals surface area contributed by atoms with Gasteiger partial charge in [-0.05, 0) is 81.2 Å². The molecule has 9 heteroatoms. The molecule has 3 heterocycles. The zero-order chi connectivity index (χ0) is 25.2. The van der Waals surface area contributed by atoms with Crippen LogP contribution in [-0.2, 0) is 15.8 Å². The van der Waals surface area contributed by atoms with Crippen molar-refractivity contribution in [3.05, 3.63) is 41.6 Å². The van der Waals surface area contributed by atoms with Gasteiger partial charge in [0.05, 0.1) is 37.1 Å². The van der Waals surface area contributed by atoms with Crippen LogP contribution in [0.3, 0.4) is 0 Å². The van der Waals surface area contributed by atoms with Gasteiger partial charge in [-0.2, -0.15) is 0 Å². The Bertz CT molecular complexity index is 1200. The third-order valence-corrected chi connectivity index (χ3v) is 8.80. The van der Waals surface area contributed by atoms with E-state index in [0.717, 1.165) is 53.9 Å². The van der Waals surface area contributed by atoms with Crippen LogP contribution in [0.2, 0.25) is 0 Å². The highest BCUT2D eigenvalue weighted by molar-refractivity contribution is 6.09. The fourth-order valence-electron chi connectivity index (χ4n) is 6.74. The standard InChI is InChI=1S/C27H35N5O4/c1-26(2,34)15-10-22(24(36-4)28-13-15)29-23-17-7-5-14(9-21(17)31-32-23)19-12-27(19)18-11-16(35-3)6-8-20(18)30-25(27)33/h6,8,10-11,13-14,17,19,21,23,29,31-32,34H,5,7,9,12H2,1-4H3,(H,30,33)/t14?,17?,19-,21?,23?,27-/m0/s1. The normalized spacial score (nSPS) is 32.6. The van der Waals surface area contributed by atoms with Crippen LogP contribution >= 0.6 is 0 Å². The molecule has 2 aliphatic carbocycles. The molecule has 1 amide bonds. The van der Waals surface area contributed by atoms with Gasteiger partial charge in [0.2, 0.25) is 11.8 Å². The summed E-state index contributed by atoms with van der Waals surface area (Å²) in [6.45, 7) is 3.49. The second-order valence-corrected chi connectivity index (χ2v) is 11.2. The van der Waals surface area contributed by atoms with E-state index < -0.39 is 11.0 Å². The molecule has 5 N–H and O–H groups in total. The Morgan fingerprint density at radius 1 is 1.17 bits per heavy atom. The molecular weight excluding hydrogens is 458 g/mol. The summed E-state index contributed by atoms with van der Waals surface area (Å²) in [5.74, 6) is 2.67. The zero-order valence-corrected chi connectivity index (χ0v) is 21.2. The van der Waals surface area contributed by atoms with Crippen LogP contribution in [-0.4, -0.2) is 42.4 Å². The maximum Gasteiger partial charge on any atom is 0.237 e. The maximum absolute atomic E-state index is 13.1. The van der Waals surface area contributed by atoms with Crippen LogP contribution in [0.4, 0.5) is 11.4 Å². The number of aliphatic hydroxyl groups is 1. The number of fused-ring (bicyclic) bond motifs is 3. The Balaban J connectivity index is 1.16. The van der Waals surface area contributed by atoms with E-state index in [-0.39, 0.29) is 12.1 Å². The Morgan fingerprint density at radius 2 is 2.00 bits per heavy atom.